The van der Waals surface area contributed by atoms with Crippen molar-refractivity contribution in [1.82, 2.24) is 9.80 Å². The predicted octanol–water partition coefficient (Wildman–Crippen LogP) is 3.46. The van der Waals surface area contributed by atoms with Crippen LogP contribution in [0.4, 0.5) is 4.39 Å². The Hall–Kier alpha value is -2.74. The number of ether oxygens (including phenoxy) is 1. The number of carbonyl (C=O) groups is 1. The van der Waals surface area contributed by atoms with Crippen molar-refractivity contribution < 1.29 is 18.3 Å². The number of amides is 1. The van der Waals surface area contributed by atoms with Crippen LogP contribution in [0.15, 0.2) is 51.7 Å². The summed E-state index contributed by atoms with van der Waals surface area (Å²) in [5.41, 5.74) is 0.736. The lowest BCUT2D eigenvalue weighted by Crippen LogP contribution is -2.42. The Morgan fingerprint density at radius 2 is 1.87 bits per heavy atom. The second kappa shape index (κ2) is 8.07. The van der Waals surface area contributed by atoms with Crippen LogP contribution < -0.4 is 5.43 Å². The zero-order valence-electron chi connectivity index (χ0n) is 16.6. The first-order chi connectivity index (χ1) is 15.0. The van der Waals surface area contributed by atoms with Gasteiger partial charge in [0.25, 0.3) is 5.91 Å². The summed E-state index contributed by atoms with van der Waals surface area (Å²) in [7, 11) is 0. The second-order valence-corrected chi connectivity index (χ2v) is 8.16. The van der Waals surface area contributed by atoms with Crippen molar-refractivity contribution in [3.63, 3.8) is 0 Å². The van der Waals surface area contributed by atoms with E-state index in [9.17, 15) is 14.0 Å². The largest absolute Gasteiger partial charge is 0.450 e. The Bertz CT molecular complexity index is 1220. The van der Waals surface area contributed by atoms with Gasteiger partial charge in [-0.3, -0.25) is 14.5 Å². The number of hydrogen-bond donors (Lipinski definition) is 0. The molecule has 1 saturated heterocycles. The molecule has 0 spiro atoms. The van der Waals surface area contributed by atoms with Crippen molar-refractivity contribution in [3.05, 3.63) is 80.4 Å². The maximum absolute atomic E-state index is 14.1. The molecule has 160 valence electrons. The third-order valence-electron chi connectivity index (χ3n) is 5.85. The van der Waals surface area contributed by atoms with Crippen molar-refractivity contribution in [2.45, 2.75) is 6.04 Å². The maximum atomic E-state index is 14.1. The first-order valence-electron chi connectivity index (χ1n) is 10.2. The van der Waals surface area contributed by atoms with Crippen LogP contribution in [0.2, 0.25) is 5.02 Å². The molecule has 1 fully saturated rings. The molecule has 2 aliphatic rings. The molecule has 0 N–H and O–H groups in total. The average Bonchev–Trinajstić information content (AvgIpc) is 3.05. The zero-order chi connectivity index (χ0) is 21.5. The summed E-state index contributed by atoms with van der Waals surface area (Å²) in [5, 5.41) is 0.700. The molecule has 31 heavy (non-hydrogen) atoms. The van der Waals surface area contributed by atoms with Crippen LogP contribution in [0.1, 0.15) is 27.7 Å². The summed E-state index contributed by atoms with van der Waals surface area (Å²) in [6.45, 7) is 3.84. The van der Waals surface area contributed by atoms with Crippen molar-refractivity contribution in [2.75, 3.05) is 39.4 Å². The Balaban J connectivity index is 1.61. The van der Waals surface area contributed by atoms with Crippen LogP contribution in [0, 0.1) is 5.82 Å². The monoisotopic (exact) mass is 442 g/mol. The smallest absolute Gasteiger partial charge is 0.290 e. The number of halogens is 2. The molecule has 1 atom stereocenters. The molecule has 1 amide bonds. The summed E-state index contributed by atoms with van der Waals surface area (Å²) in [6, 6.07) is 10.00. The summed E-state index contributed by atoms with van der Waals surface area (Å²) < 4.78 is 25.3. The third-order valence-corrected chi connectivity index (χ3v) is 6.09. The lowest BCUT2D eigenvalue weighted by Gasteiger charge is -2.31. The molecule has 0 saturated carbocycles. The van der Waals surface area contributed by atoms with Gasteiger partial charge in [-0.2, -0.15) is 0 Å². The average molecular weight is 443 g/mol. The molecule has 5 rings (SSSR count). The minimum atomic E-state index is -0.723. The minimum absolute atomic E-state index is 0.0102. The van der Waals surface area contributed by atoms with Gasteiger partial charge in [-0.25, -0.2) is 4.39 Å². The van der Waals surface area contributed by atoms with Crippen molar-refractivity contribution in [3.8, 4) is 0 Å². The van der Waals surface area contributed by atoms with Gasteiger partial charge in [-0.05, 0) is 35.9 Å². The highest BCUT2D eigenvalue weighted by atomic mass is 35.5. The normalized spacial score (nSPS) is 19.2. The van der Waals surface area contributed by atoms with E-state index in [1.165, 1.54) is 18.2 Å². The fourth-order valence-corrected chi connectivity index (χ4v) is 4.49. The topological polar surface area (TPSA) is 63.0 Å². The molecule has 2 aromatic carbocycles. The molecule has 3 aromatic rings. The van der Waals surface area contributed by atoms with Gasteiger partial charge in [0.15, 0.2) is 5.43 Å². The Morgan fingerprint density at radius 3 is 2.65 bits per heavy atom. The van der Waals surface area contributed by atoms with Crippen LogP contribution in [0.3, 0.4) is 0 Å². The van der Waals surface area contributed by atoms with Gasteiger partial charge in [0.1, 0.15) is 11.4 Å². The van der Waals surface area contributed by atoms with Crippen LogP contribution in [-0.4, -0.2) is 55.1 Å². The Labute approximate surface area is 182 Å². The van der Waals surface area contributed by atoms with Crippen molar-refractivity contribution in [2.24, 2.45) is 0 Å². The fraction of sp³-hybridized carbons (Fsp3) is 0.304. The number of fused-ring (bicyclic) bond motifs is 2. The molecule has 0 radical (unpaired) electrons. The maximum Gasteiger partial charge on any atom is 0.290 e. The SMILES string of the molecule is O=C1c2oc3ccc(Cl)cc3c(=O)c2C(c2cccc(F)c2)N1CCN1CCOCC1. The van der Waals surface area contributed by atoms with Gasteiger partial charge >= 0.3 is 0 Å². The molecule has 2 aliphatic heterocycles. The van der Waals surface area contributed by atoms with E-state index in [4.69, 9.17) is 20.8 Å². The highest BCUT2D eigenvalue weighted by Crippen LogP contribution is 2.38. The van der Waals surface area contributed by atoms with Crippen LogP contribution in [0.25, 0.3) is 11.0 Å². The number of rotatable bonds is 4. The molecule has 8 heteroatoms. The standard InChI is InChI=1S/C23H20ClFN2O4/c24-15-4-5-18-17(13-15)21(28)19-20(14-2-1-3-16(25)12-14)27(23(29)22(19)31-18)7-6-26-8-10-30-11-9-26/h1-5,12-13,20H,6-11H2. The van der Waals surface area contributed by atoms with E-state index < -0.39 is 11.9 Å². The quantitative estimate of drug-likeness (QED) is 0.619. The first kappa shape index (κ1) is 20.2. The van der Waals surface area contributed by atoms with E-state index in [1.807, 2.05) is 0 Å². The van der Waals surface area contributed by atoms with Gasteiger partial charge in [-0.1, -0.05) is 23.7 Å². The number of carbonyl (C=O) groups excluding carboxylic acids is 1. The third kappa shape index (κ3) is 3.63. The van der Waals surface area contributed by atoms with Crippen LogP contribution in [-0.2, 0) is 4.74 Å². The van der Waals surface area contributed by atoms with E-state index >= 15 is 0 Å². The zero-order valence-corrected chi connectivity index (χ0v) is 17.4. The van der Waals surface area contributed by atoms with E-state index in [-0.39, 0.29) is 22.7 Å². The number of morpholine rings is 1. The Kier molecular flexibility index (Phi) is 5.25. The van der Waals surface area contributed by atoms with Crippen molar-refractivity contribution in [1.29, 1.82) is 0 Å². The molecular weight excluding hydrogens is 423 g/mol. The summed E-state index contributed by atoms with van der Waals surface area (Å²) in [5.74, 6) is -0.790. The van der Waals surface area contributed by atoms with Gasteiger partial charge in [0, 0.05) is 31.2 Å². The van der Waals surface area contributed by atoms with E-state index in [0.717, 1.165) is 13.1 Å². The van der Waals surface area contributed by atoms with Gasteiger partial charge in [-0.15, -0.1) is 0 Å². The lowest BCUT2D eigenvalue weighted by molar-refractivity contribution is 0.0314. The number of hydrogen-bond acceptors (Lipinski definition) is 5. The van der Waals surface area contributed by atoms with Gasteiger partial charge in [0.05, 0.1) is 30.2 Å². The molecule has 6 nitrogen and oxygen atoms in total. The van der Waals surface area contributed by atoms with Gasteiger partial charge in [0.2, 0.25) is 5.76 Å². The van der Waals surface area contributed by atoms with Crippen molar-refractivity contribution >= 4 is 28.5 Å². The summed E-state index contributed by atoms with van der Waals surface area (Å²) in [6.07, 6.45) is 0. The van der Waals surface area contributed by atoms with Gasteiger partial charge < -0.3 is 14.1 Å². The highest BCUT2D eigenvalue weighted by Gasteiger charge is 2.42. The molecule has 0 aliphatic carbocycles. The molecule has 0 bridgehead atoms. The van der Waals surface area contributed by atoms with Crippen LogP contribution >= 0.6 is 11.6 Å². The number of nitrogens with zero attached hydrogens (tertiary/aromatic N) is 2. The molecule has 3 heterocycles. The molecular formula is C23H20ClFN2O4. The number of benzene rings is 2. The molecule has 1 aromatic heterocycles. The predicted molar refractivity (Wildman–Crippen MR) is 114 cm³/mol. The first-order valence-corrected chi connectivity index (χ1v) is 10.5. The second-order valence-electron chi connectivity index (χ2n) is 7.72. The summed E-state index contributed by atoms with van der Waals surface area (Å²) >= 11 is 6.09. The van der Waals surface area contributed by atoms with E-state index in [2.05, 4.69) is 4.90 Å². The summed E-state index contributed by atoms with van der Waals surface area (Å²) in [4.78, 5) is 30.6. The Morgan fingerprint density at radius 1 is 1.06 bits per heavy atom. The highest BCUT2D eigenvalue weighted by molar-refractivity contribution is 6.31. The van der Waals surface area contributed by atoms with E-state index in [0.29, 0.717) is 47.9 Å². The minimum Gasteiger partial charge on any atom is -0.450 e. The lowest BCUT2D eigenvalue weighted by atomic mass is 9.98. The fourth-order valence-electron chi connectivity index (χ4n) is 4.32. The van der Waals surface area contributed by atoms with E-state index in [1.54, 1.807) is 29.2 Å². The van der Waals surface area contributed by atoms with Crippen LogP contribution in [0.5, 0.6) is 0 Å². The molecule has 1 unspecified atom stereocenters.